The maximum absolute atomic E-state index is 12.1. The van der Waals surface area contributed by atoms with Crippen LogP contribution in [0.3, 0.4) is 0 Å². The van der Waals surface area contributed by atoms with E-state index in [1.165, 1.54) is 0 Å². The van der Waals surface area contributed by atoms with Crippen LogP contribution in [0.15, 0.2) is 59.1 Å². The molecule has 4 rings (SSSR count). The van der Waals surface area contributed by atoms with Gasteiger partial charge in [0.15, 0.2) is 6.61 Å². The van der Waals surface area contributed by atoms with E-state index in [9.17, 15) is 9.59 Å². The van der Waals surface area contributed by atoms with Gasteiger partial charge in [0.25, 0.3) is 5.91 Å². The molecule has 0 fully saturated rings. The molecule has 0 atom stereocenters. The van der Waals surface area contributed by atoms with Crippen molar-refractivity contribution < 1.29 is 18.7 Å². The average Bonchev–Trinajstić information content (AvgIpc) is 3.30. The molecule has 28 heavy (non-hydrogen) atoms. The fourth-order valence-corrected chi connectivity index (χ4v) is 3.22. The Morgan fingerprint density at radius 3 is 2.89 bits per heavy atom. The van der Waals surface area contributed by atoms with Gasteiger partial charge >= 0.3 is 5.97 Å². The molecule has 2 aromatic heterocycles. The monoisotopic (exact) mass is 396 g/mol. The number of fused-ring (bicyclic) bond motifs is 2. The zero-order chi connectivity index (χ0) is 19.5. The van der Waals surface area contributed by atoms with Crippen LogP contribution in [0.1, 0.15) is 16.1 Å². The first-order chi connectivity index (χ1) is 13.6. The molecule has 4 aromatic rings. The Hall–Kier alpha value is -3.25. The van der Waals surface area contributed by atoms with Crippen molar-refractivity contribution >= 4 is 45.3 Å². The maximum atomic E-state index is 12.1. The first-order valence-corrected chi connectivity index (χ1v) is 9.16. The lowest BCUT2D eigenvalue weighted by atomic mass is 10.1. The topological polar surface area (TPSA) is 84.3 Å². The van der Waals surface area contributed by atoms with E-state index in [2.05, 4.69) is 10.3 Å². The van der Waals surface area contributed by atoms with E-state index in [1.54, 1.807) is 24.3 Å². The van der Waals surface area contributed by atoms with Gasteiger partial charge in [0.1, 0.15) is 5.58 Å². The predicted octanol–water partition coefficient (Wildman–Crippen LogP) is 4.08. The van der Waals surface area contributed by atoms with Crippen LogP contribution in [0.5, 0.6) is 0 Å². The number of hydrogen-bond acceptors (Lipinski definition) is 4. The molecule has 0 unspecified atom stereocenters. The van der Waals surface area contributed by atoms with Crippen molar-refractivity contribution in [3.05, 3.63) is 71.1 Å². The van der Waals surface area contributed by atoms with Gasteiger partial charge < -0.3 is 19.5 Å². The zero-order valence-electron chi connectivity index (χ0n) is 14.8. The number of para-hydroxylation sites is 1. The molecular weight excluding hydrogens is 380 g/mol. The summed E-state index contributed by atoms with van der Waals surface area (Å²) in [6, 6.07) is 14.6. The summed E-state index contributed by atoms with van der Waals surface area (Å²) in [6.07, 6.45) is 2.61. The number of hydrogen-bond donors (Lipinski definition) is 2. The zero-order valence-corrected chi connectivity index (χ0v) is 15.6. The SMILES string of the molecule is O=C(COC(=O)c1cc2cc(Cl)ccc2o1)NCCc1c[nH]c2ccccc12. The summed E-state index contributed by atoms with van der Waals surface area (Å²) in [5, 5.41) is 5.12. The van der Waals surface area contributed by atoms with Crippen LogP contribution in [-0.4, -0.2) is 30.0 Å². The Morgan fingerprint density at radius 2 is 2.00 bits per heavy atom. The number of nitrogens with one attached hydrogen (secondary N) is 2. The van der Waals surface area contributed by atoms with Crippen LogP contribution in [0.25, 0.3) is 21.9 Å². The fraction of sp³-hybridized carbons (Fsp3) is 0.143. The van der Waals surface area contributed by atoms with Crippen LogP contribution in [0, 0.1) is 0 Å². The van der Waals surface area contributed by atoms with E-state index in [0.717, 1.165) is 16.5 Å². The summed E-state index contributed by atoms with van der Waals surface area (Å²) in [5.74, 6) is -1.03. The largest absolute Gasteiger partial charge is 0.450 e. The van der Waals surface area contributed by atoms with Crippen molar-refractivity contribution in [3.8, 4) is 0 Å². The van der Waals surface area contributed by atoms with Gasteiger partial charge in [0.05, 0.1) is 0 Å². The number of amides is 1. The molecule has 0 bridgehead atoms. The van der Waals surface area contributed by atoms with E-state index >= 15 is 0 Å². The van der Waals surface area contributed by atoms with Crippen molar-refractivity contribution in [2.24, 2.45) is 0 Å². The number of ether oxygens (including phenoxy) is 1. The smallest absolute Gasteiger partial charge is 0.374 e. The van der Waals surface area contributed by atoms with Crippen LogP contribution < -0.4 is 5.32 Å². The third-order valence-electron chi connectivity index (χ3n) is 4.41. The van der Waals surface area contributed by atoms with Crippen molar-refractivity contribution in [3.63, 3.8) is 0 Å². The molecule has 0 aliphatic carbocycles. The molecular formula is C21H17ClN2O4. The van der Waals surface area contributed by atoms with E-state index in [0.29, 0.717) is 29.0 Å². The van der Waals surface area contributed by atoms with E-state index < -0.39 is 5.97 Å². The lowest BCUT2D eigenvalue weighted by Crippen LogP contribution is -2.30. The first-order valence-electron chi connectivity index (χ1n) is 8.78. The Kier molecular flexibility index (Phi) is 5.04. The molecule has 7 heteroatoms. The highest BCUT2D eigenvalue weighted by Gasteiger charge is 2.15. The number of rotatable bonds is 6. The summed E-state index contributed by atoms with van der Waals surface area (Å²) in [4.78, 5) is 27.2. The molecule has 0 radical (unpaired) electrons. The van der Waals surface area contributed by atoms with E-state index in [4.69, 9.17) is 20.8 Å². The van der Waals surface area contributed by atoms with Gasteiger partial charge in [-0.2, -0.15) is 0 Å². The minimum absolute atomic E-state index is 0.0314. The quantitative estimate of drug-likeness (QED) is 0.481. The third-order valence-corrected chi connectivity index (χ3v) is 4.64. The summed E-state index contributed by atoms with van der Waals surface area (Å²) >= 11 is 5.92. The lowest BCUT2D eigenvalue weighted by Gasteiger charge is -2.05. The number of aromatic amines is 1. The summed E-state index contributed by atoms with van der Waals surface area (Å²) in [5.41, 5.74) is 2.71. The molecule has 0 saturated heterocycles. The molecule has 1 amide bonds. The second kappa shape index (κ2) is 7.78. The normalized spacial score (nSPS) is 11.0. The number of esters is 1. The molecule has 2 heterocycles. The Bertz CT molecular complexity index is 1160. The van der Waals surface area contributed by atoms with Gasteiger partial charge in [-0.05, 0) is 42.3 Å². The number of halogens is 1. The molecule has 142 valence electrons. The second-order valence-electron chi connectivity index (χ2n) is 6.33. The minimum atomic E-state index is -0.695. The van der Waals surface area contributed by atoms with E-state index in [1.807, 2.05) is 30.5 Å². The molecule has 0 spiro atoms. The molecule has 0 saturated carbocycles. The Labute approximate surface area is 165 Å². The molecule has 2 N–H and O–H groups in total. The molecule has 6 nitrogen and oxygen atoms in total. The van der Waals surface area contributed by atoms with Crippen molar-refractivity contribution in [1.29, 1.82) is 0 Å². The van der Waals surface area contributed by atoms with Gasteiger partial charge in [-0.3, -0.25) is 4.79 Å². The van der Waals surface area contributed by atoms with Crippen LogP contribution in [-0.2, 0) is 16.0 Å². The van der Waals surface area contributed by atoms with Gasteiger partial charge in [0.2, 0.25) is 5.76 Å². The number of carbonyl (C=O) groups is 2. The predicted molar refractivity (Wildman–Crippen MR) is 107 cm³/mol. The highest BCUT2D eigenvalue weighted by Crippen LogP contribution is 2.23. The van der Waals surface area contributed by atoms with Crippen molar-refractivity contribution in [2.75, 3.05) is 13.2 Å². The fourth-order valence-electron chi connectivity index (χ4n) is 3.04. The Balaban J connectivity index is 1.27. The standard InChI is InChI=1S/C21H17ClN2O4/c22-15-5-6-18-14(9-15)10-19(28-18)21(26)27-12-20(25)23-8-7-13-11-24-17-4-2-1-3-16(13)17/h1-6,9-11,24H,7-8,12H2,(H,23,25). The van der Waals surface area contributed by atoms with Crippen molar-refractivity contribution in [1.82, 2.24) is 10.3 Å². The van der Waals surface area contributed by atoms with Crippen LogP contribution in [0.2, 0.25) is 5.02 Å². The molecule has 0 aliphatic rings. The summed E-state index contributed by atoms with van der Waals surface area (Å²) in [6.45, 7) is 0.0753. The number of H-pyrrole nitrogens is 1. The highest BCUT2D eigenvalue weighted by atomic mass is 35.5. The Morgan fingerprint density at radius 1 is 1.14 bits per heavy atom. The highest BCUT2D eigenvalue weighted by molar-refractivity contribution is 6.31. The van der Waals surface area contributed by atoms with Gasteiger partial charge in [-0.1, -0.05) is 29.8 Å². The van der Waals surface area contributed by atoms with Crippen LogP contribution >= 0.6 is 11.6 Å². The van der Waals surface area contributed by atoms with Gasteiger partial charge in [0, 0.05) is 34.1 Å². The third kappa shape index (κ3) is 3.87. The first kappa shape index (κ1) is 18.1. The van der Waals surface area contributed by atoms with Gasteiger partial charge in [-0.25, -0.2) is 4.79 Å². The number of aromatic nitrogens is 1. The number of furan rings is 1. The van der Waals surface area contributed by atoms with Crippen molar-refractivity contribution in [2.45, 2.75) is 6.42 Å². The summed E-state index contributed by atoms with van der Waals surface area (Å²) in [7, 11) is 0. The van der Waals surface area contributed by atoms with E-state index in [-0.39, 0.29) is 18.3 Å². The van der Waals surface area contributed by atoms with Gasteiger partial charge in [-0.15, -0.1) is 0 Å². The number of benzene rings is 2. The molecule has 2 aromatic carbocycles. The maximum Gasteiger partial charge on any atom is 0.374 e. The van der Waals surface area contributed by atoms with Crippen LogP contribution in [0.4, 0.5) is 0 Å². The minimum Gasteiger partial charge on any atom is -0.450 e. The summed E-state index contributed by atoms with van der Waals surface area (Å²) < 4.78 is 10.4. The second-order valence-corrected chi connectivity index (χ2v) is 6.76. The molecule has 0 aliphatic heterocycles. The lowest BCUT2D eigenvalue weighted by molar-refractivity contribution is -0.124. The number of carbonyl (C=O) groups excluding carboxylic acids is 2. The average molecular weight is 397 g/mol.